The number of carbonyl (C=O) groups is 1. The summed E-state index contributed by atoms with van der Waals surface area (Å²) < 4.78 is 21.1. The number of nitrogens with zero attached hydrogens (tertiary/aromatic N) is 1. The highest BCUT2D eigenvalue weighted by Crippen LogP contribution is 2.34. The minimum Gasteiger partial charge on any atom is -0.274 e. The first-order chi connectivity index (χ1) is 5.36. The number of amides is 1. The van der Waals surface area contributed by atoms with Gasteiger partial charge in [-0.25, -0.2) is 4.72 Å². The van der Waals surface area contributed by atoms with Crippen molar-refractivity contribution < 1.29 is 13.9 Å². The van der Waals surface area contributed by atoms with Gasteiger partial charge in [0.05, 0.1) is 0 Å². The van der Waals surface area contributed by atoms with E-state index in [4.69, 9.17) is 9.11 Å². The molecule has 0 aromatic carbocycles. The lowest BCUT2D eigenvalue weighted by Gasteiger charge is -2.37. The fraction of sp³-hybridized carbons (Fsp3) is 0.833. The summed E-state index contributed by atoms with van der Waals surface area (Å²) in [4.78, 5) is 10.3. The highest BCUT2D eigenvalue weighted by atomic mass is 32.3. The average molecular weight is 198 g/mol. The summed E-state index contributed by atoms with van der Waals surface area (Å²) in [6.45, 7) is 5.22. The van der Waals surface area contributed by atoms with Crippen LogP contribution in [0.1, 0.15) is 20.8 Å². The topological polar surface area (TPSA) is 72.8 Å². The fourth-order valence-corrected chi connectivity index (χ4v) is 0.852. The van der Waals surface area contributed by atoms with Crippen molar-refractivity contribution in [3.63, 3.8) is 0 Å². The first-order valence-electron chi connectivity index (χ1n) is 3.60. The van der Waals surface area contributed by atoms with Gasteiger partial charge in [-0.05, 0) is 0 Å². The lowest BCUT2D eigenvalue weighted by atomic mass is 10.8. The Morgan fingerprint density at radius 3 is 1.75 bits per heavy atom. The summed E-state index contributed by atoms with van der Waals surface area (Å²) in [5.41, 5.74) is 0. The predicted molar refractivity (Wildman–Crippen MR) is 51.7 cm³/mol. The van der Waals surface area contributed by atoms with Crippen LogP contribution in [0, 0.1) is 0 Å². The van der Waals surface area contributed by atoms with Gasteiger partial charge >= 0.3 is 0 Å². The average Bonchev–Trinajstić information content (AvgIpc) is 1.89. The smallest absolute Gasteiger partial charge is 0.235 e. The SMILES string of the molecule is CC.CC(=O)NS(O)(O)N(C)C. The molecular weight excluding hydrogens is 180 g/mol. The molecule has 0 heterocycles. The third-order valence-corrected chi connectivity index (χ3v) is 2.37. The minimum atomic E-state index is -3.06. The fourth-order valence-electron chi connectivity index (χ4n) is 0.284. The standard InChI is InChI=1S/C4H12N2O3S.C2H6/c1-4(7)5-10(8,9)6(2)3;1-2/h8-9H,1-3H3,(H,5,7);1-2H3. The van der Waals surface area contributed by atoms with Gasteiger partial charge in [0.1, 0.15) is 0 Å². The van der Waals surface area contributed by atoms with Gasteiger partial charge in [-0.15, -0.1) is 0 Å². The van der Waals surface area contributed by atoms with Crippen molar-refractivity contribution in [2.45, 2.75) is 20.8 Å². The van der Waals surface area contributed by atoms with E-state index in [2.05, 4.69) is 0 Å². The van der Waals surface area contributed by atoms with E-state index in [-0.39, 0.29) is 0 Å². The van der Waals surface area contributed by atoms with E-state index in [9.17, 15) is 4.79 Å². The quantitative estimate of drug-likeness (QED) is 0.625. The zero-order chi connectivity index (χ0) is 10.4. The summed E-state index contributed by atoms with van der Waals surface area (Å²) in [7, 11) is -0.137. The van der Waals surface area contributed by atoms with Gasteiger partial charge in [0, 0.05) is 21.0 Å². The van der Waals surface area contributed by atoms with Gasteiger partial charge in [-0.1, -0.05) is 24.8 Å². The summed E-state index contributed by atoms with van der Waals surface area (Å²) >= 11 is 0. The first-order valence-corrected chi connectivity index (χ1v) is 5.10. The normalized spacial score (nSPS) is 11.7. The molecule has 0 atom stereocenters. The largest absolute Gasteiger partial charge is 0.274 e. The molecule has 0 fully saturated rings. The molecule has 0 spiro atoms. The molecule has 0 saturated heterocycles. The number of hydrogen-bond acceptors (Lipinski definition) is 4. The van der Waals surface area contributed by atoms with Crippen molar-refractivity contribution in [2.75, 3.05) is 14.1 Å². The lowest BCUT2D eigenvalue weighted by molar-refractivity contribution is -0.117. The molecule has 0 unspecified atom stereocenters. The van der Waals surface area contributed by atoms with E-state index >= 15 is 0 Å². The molecule has 0 radical (unpaired) electrons. The zero-order valence-electron chi connectivity index (χ0n) is 8.16. The van der Waals surface area contributed by atoms with Crippen molar-refractivity contribution in [3.05, 3.63) is 0 Å². The molecule has 0 bridgehead atoms. The Kier molecular flexibility index (Phi) is 7.41. The van der Waals surface area contributed by atoms with Gasteiger partial charge in [-0.2, -0.15) is 4.31 Å². The maximum atomic E-state index is 10.3. The van der Waals surface area contributed by atoms with E-state index in [1.807, 2.05) is 18.6 Å². The van der Waals surface area contributed by atoms with Gasteiger partial charge in [0.25, 0.3) is 0 Å². The number of hydrogen-bond donors (Lipinski definition) is 3. The Labute approximate surface area is 75.4 Å². The Morgan fingerprint density at radius 2 is 1.67 bits per heavy atom. The molecule has 0 aliphatic heterocycles. The number of rotatable bonds is 2. The van der Waals surface area contributed by atoms with E-state index in [1.165, 1.54) is 21.0 Å². The molecule has 0 aliphatic rings. The van der Waals surface area contributed by atoms with Crippen LogP contribution in [-0.4, -0.2) is 33.4 Å². The Bertz CT molecular complexity index is 139. The van der Waals surface area contributed by atoms with Crippen molar-refractivity contribution >= 4 is 16.9 Å². The van der Waals surface area contributed by atoms with Crippen LogP contribution in [0.2, 0.25) is 0 Å². The highest BCUT2D eigenvalue weighted by molar-refractivity contribution is 8.20. The third kappa shape index (κ3) is 6.41. The molecular formula is C6H18N2O3S. The van der Waals surface area contributed by atoms with E-state index in [0.29, 0.717) is 0 Å². The molecule has 0 saturated carbocycles. The Hall–Kier alpha value is -0.300. The number of nitrogens with one attached hydrogen (secondary N) is 1. The van der Waals surface area contributed by atoms with Crippen LogP contribution in [-0.2, 0) is 4.79 Å². The molecule has 1 amide bonds. The van der Waals surface area contributed by atoms with E-state index < -0.39 is 16.9 Å². The van der Waals surface area contributed by atoms with Gasteiger partial charge < -0.3 is 0 Å². The Morgan fingerprint density at radius 1 is 1.33 bits per heavy atom. The zero-order valence-corrected chi connectivity index (χ0v) is 8.97. The number of carbonyl (C=O) groups excluding carboxylic acids is 1. The monoisotopic (exact) mass is 198 g/mol. The third-order valence-electron chi connectivity index (χ3n) is 0.790. The summed E-state index contributed by atoms with van der Waals surface area (Å²) in [6, 6.07) is 0. The maximum Gasteiger partial charge on any atom is 0.235 e. The molecule has 5 nitrogen and oxygen atoms in total. The van der Waals surface area contributed by atoms with Crippen LogP contribution >= 0.6 is 11.0 Å². The minimum absolute atomic E-state index is 0.464. The second kappa shape index (κ2) is 6.24. The predicted octanol–water partition coefficient (Wildman–Crippen LogP) is 1.29. The molecule has 12 heavy (non-hydrogen) atoms. The lowest BCUT2D eigenvalue weighted by Crippen LogP contribution is -2.33. The molecule has 0 aromatic heterocycles. The maximum absolute atomic E-state index is 10.3. The van der Waals surface area contributed by atoms with Gasteiger partial charge in [0.2, 0.25) is 5.91 Å². The summed E-state index contributed by atoms with van der Waals surface area (Å²) in [6.07, 6.45) is 0. The van der Waals surface area contributed by atoms with Gasteiger partial charge in [-0.3, -0.25) is 13.9 Å². The highest BCUT2D eigenvalue weighted by Gasteiger charge is 2.14. The van der Waals surface area contributed by atoms with Crippen LogP contribution in [0.15, 0.2) is 0 Å². The summed E-state index contributed by atoms with van der Waals surface area (Å²) in [5, 5.41) is 0. The van der Waals surface area contributed by atoms with Gasteiger partial charge in [0.15, 0.2) is 0 Å². The molecule has 0 aliphatic carbocycles. The Balaban J connectivity index is 0. The van der Waals surface area contributed by atoms with Crippen LogP contribution in [0.4, 0.5) is 0 Å². The van der Waals surface area contributed by atoms with Crippen molar-refractivity contribution in [2.24, 2.45) is 0 Å². The molecule has 6 heteroatoms. The van der Waals surface area contributed by atoms with Crippen LogP contribution < -0.4 is 4.72 Å². The molecule has 0 rings (SSSR count). The van der Waals surface area contributed by atoms with Crippen molar-refractivity contribution in [1.29, 1.82) is 0 Å². The van der Waals surface area contributed by atoms with Crippen LogP contribution in [0.5, 0.6) is 0 Å². The molecule has 0 aromatic rings. The van der Waals surface area contributed by atoms with Crippen molar-refractivity contribution in [1.82, 2.24) is 9.03 Å². The van der Waals surface area contributed by atoms with E-state index in [1.54, 1.807) is 0 Å². The summed E-state index contributed by atoms with van der Waals surface area (Å²) in [5.74, 6) is -0.464. The van der Waals surface area contributed by atoms with E-state index in [0.717, 1.165) is 4.31 Å². The van der Waals surface area contributed by atoms with Crippen LogP contribution in [0.25, 0.3) is 0 Å². The molecule has 3 N–H and O–H groups in total. The second-order valence-corrected chi connectivity index (χ2v) is 3.96. The second-order valence-electron chi connectivity index (χ2n) is 1.99. The first kappa shape index (κ1) is 14.2. The van der Waals surface area contributed by atoms with Crippen LogP contribution in [0.3, 0.4) is 0 Å². The molecule has 76 valence electrons. The van der Waals surface area contributed by atoms with Crippen molar-refractivity contribution in [3.8, 4) is 0 Å².